The van der Waals surface area contributed by atoms with E-state index in [0.717, 1.165) is 0 Å². The Kier molecular flexibility index (Phi) is 13.1. The molecule has 0 amide bonds. The molecule has 0 aliphatic heterocycles. The second-order valence-electron chi connectivity index (χ2n) is 8.44. The van der Waals surface area contributed by atoms with Crippen molar-refractivity contribution in [2.45, 2.75) is 0 Å². The summed E-state index contributed by atoms with van der Waals surface area (Å²) in [6, 6.07) is 54.6. The molecule has 0 aromatic heterocycles. The maximum absolute atomic E-state index is 2.24. The molecule has 0 saturated heterocycles. The van der Waals surface area contributed by atoms with E-state index in [0.29, 0.717) is 0 Å². The third kappa shape index (κ3) is 8.20. The van der Waals surface area contributed by atoms with Crippen LogP contribution < -0.4 is 24.8 Å². The first-order valence-electron chi connectivity index (χ1n) is 12.0. The number of rotatable bonds is 2. The van der Waals surface area contributed by atoms with Crippen molar-refractivity contribution in [3.63, 3.8) is 0 Å². The second kappa shape index (κ2) is 16.0. The van der Waals surface area contributed by atoms with Crippen LogP contribution in [0, 0.1) is 6.42 Å². The van der Waals surface area contributed by atoms with Gasteiger partial charge in [-0.15, -0.1) is 111 Å². The van der Waals surface area contributed by atoms with Gasteiger partial charge in [-0.05, 0) is 0 Å². The van der Waals surface area contributed by atoms with Crippen molar-refractivity contribution in [2.24, 2.45) is 0 Å². The summed E-state index contributed by atoms with van der Waals surface area (Å²) < 4.78 is 0. The molecule has 3 heteroatoms. The molecule has 7 aromatic carbocycles. The zero-order valence-corrected chi connectivity index (χ0v) is 25.9. The van der Waals surface area contributed by atoms with Gasteiger partial charge in [0.1, 0.15) is 0 Å². The van der Waals surface area contributed by atoms with Crippen molar-refractivity contribution < 1.29 is 50.7 Å². The van der Waals surface area contributed by atoms with Gasteiger partial charge < -0.3 is 24.8 Å². The molecule has 0 saturated carbocycles. The number of hydrogen-bond donors (Lipinski definition) is 0. The predicted octanol–water partition coefficient (Wildman–Crippen LogP) is 3.56. The zero-order chi connectivity index (χ0) is 23.7. The Balaban J connectivity index is 0.000000196. The number of benzene rings is 5. The summed E-state index contributed by atoms with van der Waals surface area (Å²) in [5.41, 5.74) is 2.49. The van der Waals surface area contributed by atoms with Crippen LogP contribution in [0.5, 0.6) is 0 Å². The van der Waals surface area contributed by atoms with Crippen molar-refractivity contribution in [2.75, 3.05) is 0 Å². The molecule has 0 spiro atoms. The average Bonchev–Trinajstić information content (AvgIpc) is 3.55. The predicted molar refractivity (Wildman–Crippen MR) is 152 cm³/mol. The minimum absolute atomic E-state index is 0. The topological polar surface area (TPSA) is 0 Å². The molecule has 0 aliphatic rings. The van der Waals surface area contributed by atoms with E-state index in [1.54, 1.807) is 0 Å². The van der Waals surface area contributed by atoms with Crippen molar-refractivity contribution in [3.05, 3.63) is 175 Å². The van der Waals surface area contributed by atoms with E-state index in [9.17, 15) is 0 Å². The van der Waals surface area contributed by atoms with Gasteiger partial charge in [0.05, 0.1) is 0 Å². The molecule has 0 atom stereocenters. The molecule has 0 fully saturated rings. The van der Waals surface area contributed by atoms with E-state index in [2.05, 4.69) is 152 Å². The van der Waals surface area contributed by atoms with E-state index in [1.165, 1.54) is 43.4 Å². The van der Waals surface area contributed by atoms with Gasteiger partial charge in [-0.1, -0.05) is 78.9 Å². The van der Waals surface area contributed by atoms with Gasteiger partial charge in [0.25, 0.3) is 0 Å². The van der Waals surface area contributed by atoms with Crippen molar-refractivity contribution in [3.8, 4) is 0 Å². The Hall–Kier alpha value is -3.10. The summed E-state index contributed by atoms with van der Waals surface area (Å²) in [7, 11) is 0. The first-order chi connectivity index (χ1) is 17.4. The summed E-state index contributed by atoms with van der Waals surface area (Å²) >= 11 is 0. The quantitative estimate of drug-likeness (QED) is 0.192. The molecule has 190 valence electrons. The van der Waals surface area contributed by atoms with E-state index >= 15 is 0 Å². The normalized spacial score (nSPS) is 9.47. The molecule has 38 heavy (non-hydrogen) atoms. The van der Waals surface area contributed by atoms with Crippen LogP contribution in [0.25, 0.3) is 32.3 Å². The van der Waals surface area contributed by atoms with E-state index < -0.39 is 0 Å². The first kappa shape index (κ1) is 31.1. The van der Waals surface area contributed by atoms with Crippen LogP contribution in [0.2, 0.25) is 0 Å². The fraction of sp³-hybridized carbons (Fsp3) is 0. The van der Waals surface area contributed by atoms with Crippen LogP contribution in [0.3, 0.4) is 0 Å². The molecule has 0 bridgehead atoms. The SMILES string of the molecule is [Cl-].[Cl-].[Hf].c1ccc([CH-]c2ccccc2)cc1.c1ccc2[cH-]ccc2c1.c1ccc2c(c1)[cH-]c1ccccc12. The Bertz CT molecular complexity index is 1500. The van der Waals surface area contributed by atoms with E-state index in [4.69, 9.17) is 0 Å². The summed E-state index contributed by atoms with van der Waals surface area (Å²) in [4.78, 5) is 0. The third-order valence-corrected chi connectivity index (χ3v) is 6.00. The Morgan fingerprint density at radius 1 is 0.421 bits per heavy atom. The first-order valence-corrected chi connectivity index (χ1v) is 12.0. The van der Waals surface area contributed by atoms with Gasteiger partial charge in [-0.25, -0.2) is 0 Å². The maximum Gasteiger partial charge on any atom is 0 e. The number of fused-ring (bicyclic) bond motifs is 4. The molecular formula is C35H27Cl2Hf-5. The van der Waals surface area contributed by atoms with Gasteiger partial charge >= 0.3 is 0 Å². The van der Waals surface area contributed by atoms with Crippen LogP contribution in [-0.4, -0.2) is 0 Å². The summed E-state index contributed by atoms with van der Waals surface area (Å²) in [6.45, 7) is 0. The Morgan fingerprint density at radius 3 is 1.34 bits per heavy atom. The van der Waals surface area contributed by atoms with Crippen molar-refractivity contribution >= 4 is 32.3 Å². The Labute approximate surface area is 256 Å². The molecule has 0 radical (unpaired) electrons. The standard InChI is InChI=1S/C13H9.C13H11.C9H7.2ClH.Hf/c1-3-7-12-10(5-1)9-11-6-2-4-8-13(11)12;1-3-7-12(8-4-1)11-13-9-5-2-6-10-13;1-2-5-9-7-3-6-8(9)4-1;;;/h1-9H;1-11H;1-7H;2*1H;/q3*-1;;;/p-2. The van der Waals surface area contributed by atoms with E-state index in [-0.39, 0.29) is 50.7 Å². The summed E-state index contributed by atoms with van der Waals surface area (Å²) in [5, 5.41) is 8.05. The molecular weight excluding hydrogens is 670 g/mol. The van der Waals surface area contributed by atoms with Gasteiger partial charge in [-0.3, -0.25) is 0 Å². The molecule has 0 nitrogen and oxygen atoms in total. The molecule has 0 aliphatic carbocycles. The maximum atomic E-state index is 2.24. The van der Waals surface area contributed by atoms with Gasteiger partial charge in [0, 0.05) is 25.8 Å². The molecule has 0 N–H and O–H groups in total. The van der Waals surface area contributed by atoms with Crippen LogP contribution in [-0.2, 0) is 25.8 Å². The van der Waals surface area contributed by atoms with Crippen LogP contribution in [0.1, 0.15) is 11.1 Å². The average molecular weight is 697 g/mol. The van der Waals surface area contributed by atoms with Crippen LogP contribution in [0.15, 0.2) is 158 Å². The minimum atomic E-state index is 0. The fourth-order valence-electron chi connectivity index (χ4n) is 4.26. The number of halogens is 2. The van der Waals surface area contributed by atoms with Gasteiger partial charge in [0.2, 0.25) is 0 Å². The van der Waals surface area contributed by atoms with Crippen molar-refractivity contribution in [1.82, 2.24) is 0 Å². The van der Waals surface area contributed by atoms with E-state index in [1.807, 2.05) is 12.1 Å². The van der Waals surface area contributed by atoms with Gasteiger partial charge in [0.15, 0.2) is 0 Å². The third-order valence-electron chi connectivity index (χ3n) is 6.00. The number of hydrogen-bond acceptors (Lipinski definition) is 0. The van der Waals surface area contributed by atoms with Crippen LogP contribution in [0.4, 0.5) is 0 Å². The summed E-state index contributed by atoms with van der Waals surface area (Å²) in [6.07, 6.45) is 2.17. The largest absolute Gasteiger partial charge is 1.00 e. The monoisotopic (exact) mass is 697 g/mol. The minimum Gasteiger partial charge on any atom is -1.00 e. The summed E-state index contributed by atoms with van der Waals surface area (Å²) in [5.74, 6) is 0. The molecule has 0 heterocycles. The Morgan fingerprint density at radius 2 is 0.842 bits per heavy atom. The second-order valence-corrected chi connectivity index (χ2v) is 8.44. The van der Waals surface area contributed by atoms with Crippen molar-refractivity contribution in [1.29, 1.82) is 0 Å². The molecule has 0 unspecified atom stereocenters. The smallest absolute Gasteiger partial charge is 0 e. The zero-order valence-electron chi connectivity index (χ0n) is 20.8. The molecule has 7 rings (SSSR count). The van der Waals surface area contributed by atoms with Gasteiger partial charge in [-0.2, -0.15) is 17.5 Å². The fourth-order valence-corrected chi connectivity index (χ4v) is 4.26. The molecule has 7 aromatic rings. The van der Waals surface area contributed by atoms with Crippen LogP contribution >= 0.6 is 0 Å².